The topological polar surface area (TPSA) is 40.5 Å². The Balaban J connectivity index is 2.37. The lowest BCUT2D eigenvalue weighted by molar-refractivity contribution is 0.474. The maximum absolute atomic E-state index is 9.38. The smallest absolute Gasteiger partial charge is 0.115 e. The Morgan fingerprint density at radius 3 is 1.20 bits per heavy atom. The molecule has 0 aliphatic heterocycles. The highest BCUT2D eigenvalue weighted by Crippen LogP contribution is 2.35. The van der Waals surface area contributed by atoms with Crippen molar-refractivity contribution < 1.29 is 10.2 Å². The van der Waals surface area contributed by atoms with E-state index in [2.05, 4.69) is 13.2 Å². The van der Waals surface area contributed by atoms with E-state index in [9.17, 15) is 10.2 Å². The number of allylic oxidation sites excluding steroid dienone is 2. The van der Waals surface area contributed by atoms with Gasteiger partial charge in [-0.05, 0) is 35.4 Å². The molecule has 0 aliphatic rings. The van der Waals surface area contributed by atoms with Gasteiger partial charge in [0.15, 0.2) is 0 Å². The van der Waals surface area contributed by atoms with Crippen molar-refractivity contribution in [2.24, 2.45) is 0 Å². The average molecular weight is 266 g/mol. The van der Waals surface area contributed by atoms with E-state index in [4.69, 9.17) is 0 Å². The van der Waals surface area contributed by atoms with Crippen molar-refractivity contribution in [1.82, 2.24) is 0 Å². The second-order valence-electron chi connectivity index (χ2n) is 4.71. The molecule has 0 aromatic heterocycles. The lowest BCUT2D eigenvalue weighted by atomic mass is 9.81. The highest BCUT2D eigenvalue weighted by atomic mass is 16.3. The first kappa shape index (κ1) is 13.9. The number of hydrogen-bond donors (Lipinski definition) is 2. The third-order valence-corrected chi connectivity index (χ3v) is 3.45. The minimum atomic E-state index is 0.0673. The number of rotatable bonds is 5. The van der Waals surface area contributed by atoms with Gasteiger partial charge in [0.25, 0.3) is 0 Å². The highest BCUT2D eigenvalue weighted by Gasteiger charge is 2.19. The number of phenols is 2. The van der Waals surface area contributed by atoms with Crippen LogP contribution in [0.25, 0.3) is 0 Å². The summed E-state index contributed by atoms with van der Waals surface area (Å²) in [6, 6.07) is 14.2. The fourth-order valence-corrected chi connectivity index (χ4v) is 2.37. The summed E-state index contributed by atoms with van der Waals surface area (Å²) in [6.07, 6.45) is 3.76. The zero-order chi connectivity index (χ0) is 14.5. The van der Waals surface area contributed by atoms with Crippen LogP contribution in [0.4, 0.5) is 0 Å². The minimum Gasteiger partial charge on any atom is -0.508 e. The Kier molecular flexibility index (Phi) is 4.26. The minimum absolute atomic E-state index is 0.0673. The van der Waals surface area contributed by atoms with Crippen molar-refractivity contribution in [2.45, 2.75) is 11.8 Å². The van der Waals surface area contributed by atoms with E-state index < -0.39 is 0 Å². The predicted octanol–water partition coefficient (Wildman–Crippen LogP) is 4.34. The lowest BCUT2D eigenvalue weighted by Gasteiger charge is -2.22. The van der Waals surface area contributed by atoms with Gasteiger partial charge in [-0.3, -0.25) is 0 Å². The largest absolute Gasteiger partial charge is 0.508 e. The Morgan fingerprint density at radius 1 is 0.650 bits per heavy atom. The molecule has 0 fully saturated rings. The summed E-state index contributed by atoms with van der Waals surface area (Å²) in [7, 11) is 0. The normalized spacial score (nSPS) is 13.4. The van der Waals surface area contributed by atoms with Crippen molar-refractivity contribution in [3.63, 3.8) is 0 Å². The molecule has 0 radical (unpaired) electrons. The van der Waals surface area contributed by atoms with Crippen LogP contribution in [0.3, 0.4) is 0 Å². The van der Waals surface area contributed by atoms with Gasteiger partial charge in [0.2, 0.25) is 0 Å². The van der Waals surface area contributed by atoms with Crippen molar-refractivity contribution in [3.8, 4) is 11.5 Å². The van der Waals surface area contributed by atoms with E-state index in [0.29, 0.717) is 0 Å². The second kappa shape index (κ2) is 6.11. The van der Waals surface area contributed by atoms with Crippen LogP contribution in [0.15, 0.2) is 73.8 Å². The van der Waals surface area contributed by atoms with Crippen molar-refractivity contribution in [2.75, 3.05) is 0 Å². The number of phenolic OH excluding ortho intramolecular Hbond substituents is 2. The molecular weight excluding hydrogens is 248 g/mol. The van der Waals surface area contributed by atoms with E-state index in [-0.39, 0.29) is 23.3 Å². The van der Waals surface area contributed by atoms with Gasteiger partial charge in [0, 0.05) is 11.8 Å². The van der Waals surface area contributed by atoms with Crippen LogP contribution in [-0.4, -0.2) is 10.2 Å². The molecule has 2 N–H and O–H groups in total. The van der Waals surface area contributed by atoms with Crippen LogP contribution in [0, 0.1) is 0 Å². The maximum atomic E-state index is 9.38. The fraction of sp³-hybridized carbons (Fsp3) is 0.111. The van der Waals surface area contributed by atoms with Crippen molar-refractivity contribution >= 4 is 0 Å². The van der Waals surface area contributed by atoms with Gasteiger partial charge in [-0.25, -0.2) is 0 Å². The molecular formula is C18H18O2. The fourth-order valence-electron chi connectivity index (χ4n) is 2.37. The van der Waals surface area contributed by atoms with Crippen molar-refractivity contribution in [1.29, 1.82) is 0 Å². The molecule has 2 atom stereocenters. The van der Waals surface area contributed by atoms with E-state index >= 15 is 0 Å². The quantitative estimate of drug-likeness (QED) is 0.790. The van der Waals surface area contributed by atoms with Crippen LogP contribution in [0.1, 0.15) is 23.0 Å². The van der Waals surface area contributed by atoms with Crippen LogP contribution < -0.4 is 0 Å². The van der Waals surface area contributed by atoms with Gasteiger partial charge in [-0.15, -0.1) is 13.2 Å². The number of benzene rings is 2. The number of hydrogen-bond acceptors (Lipinski definition) is 2. The summed E-state index contributed by atoms with van der Waals surface area (Å²) in [4.78, 5) is 0. The van der Waals surface area contributed by atoms with Crippen LogP contribution in [0.2, 0.25) is 0 Å². The SMILES string of the molecule is C=CC(c1ccc(O)cc1)C(C=C)c1ccc(O)cc1. The molecule has 0 heterocycles. The monoisotopic (exact) mass is 266 g/mol. The Hall–Kier alpha value is -2.48. The molecule has 0 bridgehead atoms. The molecule has 0 saturated carbocycles. The molecule has 0 amide bonds. The van der Waals surface area contributed by atoms with E-state index in [1.54, 1.807) is 24.3 Å². The lowest BCUT2D eigenvalue weighted by Crippen LogP contribution is -2.06. The van der Waals surface area contributed by atoms with Gasteiger partial charge in [-0.2, -0.15) is 0 Å². The van der Waals surface area contributed by atoms with Gasteiger partial charge in [0.05, 0.1) is 0 Å². The summed E-state index contributed by atoms with van der Waals surface area (Å²) in [6.45, 7) is 7.82. The highest BCUT2D eigenvalue weighted by molar-refractivity contribution is 5.38. The molecule has 20 heavy (non-hydrogen) atoms. The van der Waals surface area contributed by atoms with Crippen LogP contribution in [0.5, 0.6) is 11.5 Å². The Labute approximate surface area is 119 Å². The standard InChI is InChI=1S/C18H18O2/c1-3-17(13-5-9-15(19)10-6-13)18(4-2)14-7-11-16(20)12-8-14/h3-12,17-20H,1-2H2. The van der Waals surface area contributed by atoms with E-state index in [1.165, 1.54) is 0 Å². The first-order valence-corrected chi connectivity index (χ1v) is 6.48. The van der Waals surface area contributed by atoms with Crippen LogP contribution in [-0.2, 0) is 0 Å². The molecule has 0 spiro atoms. The molecule has 2 nitrogen and oxygen atoms in total. The molecule has 102 valence electrons. The maximum Gasteiger partial charge on any atom is 0.115 e. The summed E-state index contributed by atoms with van der Waals surface area (Å²) in [5, 5.41) is 18.8. The van der Waals surface area contributed by atoms with Gasteiger partial charge < -0.3 is 10.2 Å². The van der Waals surface area contributed by atoms with E-state index in [1.807, 2.05) is 36.4 Å². The first-order chi connectivity index (χ1) is 9.65. The first-order valence-electron chi connectivity index (χ1n) is 6.48. The van der Waals surface area contributed by atoms with Gasteiger partial charge in [0.1, 0.15) is 11.5 Å². The molecule has 2 heteroatoms. The Bertz CT molecular complexity index is 526. The molecule has 2 aromatic carbocycles. The predicted molar refractivity (Wildman–Crippen MR) is 82.1 cm³/mol. The summed E-state index contributed by atoms with van der Waals surface area (Å²) in [5.41, 5.74) is 2.13. The van der Waals surface area contributed by atoms with Crippen molar-refractivity contribution in [3.05, 3.63) is 85.0 Å². The summed E-state index contributed by atoms with van der Waals surface area (Å²) < 4.78 is 0. The molecule has 2 rings (SSSR count). The summed E-state index contributed by atoms with van der Waals surface area (Å²) in [5.74, 6) is 0.628. The Morgan fingerprint density at radius 2 is 0.950 bits per heavy atom. The van der Waals surface area contributed by atoms with Crippen LogP contribution >= 0.6 is 0 Å². The third kappa shape index (κ3) is 2.91. The van der Waals surface area contributed by atoms with E-state index in [0.717, 1.165) is 11.1 Å². The molecule has 2 aromatic rings. The number of aromatic hydroxyl groups is 2. The molecule has 0 saturated heterocycles. The summed E-state index contributed by atoms with van der Waals surface area (Å²) >= 11 is 0. The molecule has 0 aliphatic carbocycles. The zero-order valence-electron chi connectivity index (χ0n) is 11.2. The van der Waals surface area contributed by atoms with Gasteiger partial charge in [-0.1, -0.05) is 36.4 Å². The second-order valence-corrected chi connectivity index (χ2v) is 4.71. The van der Waals surface area contributed by atoms with Gasteiger partial charge >= 0.3 is 0 Å². The zero-order valence-corrected chi connectivity index (χ0v) is 11.2. The average Bonchev–Trinajstić information content (AvgIpc) is 2.47. The third-order valence-electron chi connectivity index (χ3n) is 3.45. The molecule has 2 unspecified atom stereocenters.